The third-order valence-corrected chi connectivity index (χ3v) is 5.57. The molecule has 0 radical (unpaired) electrons. The molecule has 7 nitrogen and oxygen atoms in total. The van der Waals surface area contributed by atoms with Crippen LogP contribution in [0.15, 0.2) is 49.9 Å². The summed E-state index contributed by atoms with van der Waals surface area (Å²) in [6.07, 6.45) is 3.29. The van der Waals surface area contributed by atoms with Crippen LogP contribution in [0.1, 0.15) is 47.0 Å². The second-order valence-electron chi connectivity index (χ2n) is 7.11. The molecule has 0 spiro atoms. The van der Waals surface area contributed by atoms with Gasteiger partial charge in [0.1, 0.15) is 28.6 Å². The lowest BCUT2D eigenvalue weighted by Crippen LogP contribution is -2.17. The number of rotatable bonds is 6. The van der Waals surface area contributed by atoms with Gasteiger partial charge in [0.25, 0.3) is 5.91 Å². The summed E-state index contributed by atoms with van der Waals surface area (Å²) in [7, 11) is 0. The molecule has 160 valence electrons. The zero-order chi connectivity index (χ0) is 22.1. The topological polar surface area (TPSA) is 104 Å². The molecule has 1 aliphatic carbocycles. The number of hydrogen-bond donors (Lipinski definition) is 3. The van der Waals surface area contributed by atoms with E-state index in [-0.39, 0.29) is 17.1 Å². The fourth-order valence-electron chi connectivity index (χ4n) is 3.43. The molecule has 0 unspecified atom stereocenters. The Balaban J connectivity index is 1.77. The molecular formula is C23H21BrN2O5. The highest BCUT2D eigenvalue weighted by Gasteiger charge is 2.28. The lowest BCUT2D eigenvalue weighted by Gasteiger charge is -2.10. The average Bonchev–Trinajstić information content (AvgIpc) is 3.53. The van der Waals surface area contributed by atoms with E-state index < -0.39 is 5.91 Å². The number of furan rings is 1. The number of ether oxygens (including phenoxy) is 1. The maximum atomic E-state index is 12.3. The maximum Gasteiger partial charge on any atom is 0.275 e. The number of hydrazone groups is 1. The van der Waals surface area contributed by atoms with Crippen LogP contribution in [0.3, 0.4) is 0 Å². The number of amides is 1. The van der Waals surface area contributed by atoms with Gasteiger partial charge in [0.15, 0.2) is 0 Å². The number of fused-ring (bicyclic) bond motifs is 1. The number of nitrogens with zero attached hydrogens (tertiary/aromatic N) is 1. The van der Waals surface area contributed by atoms with Gasteiger partial charge in [-0.05, 0) is 66.4 Å². The van der Waals surface area contributed by atoms with Crippen LogP contribution in [0.2, 0.25) is 0 Å². The summed E-state index contributed by atoms with van der Waals surface area (Å²) in [6.45, 7) is 4.28. The fraction of sp³-hybridized carbons (Fsp3) is 0.217. The molecule has 1 heterocycles. The molecule has 31 heavy (non-hydrogen) atoms. The van der Waals surface area contributed by atoms with Gasteiger partial charge < -0.3 is 19.4 Å². The predicted molar refractivity (Wildman–Crippen MR) is 121 cm³/mol. The molecule has 0 saturated heterocycles. The number of allylic oxidation sites excluding steroid dienone is 1. The minimum Gasteiger partial charge on any atom is -0.507 e. The van der Waals surface area contributed by atoms with E-state index >= 15 is 0 Å². The van der Waals surface area contributed by atoms with Crippen molar-refractivity contribution in [3.8, 4) is 11.5 Å². The molecule has 3 aromatic rings. The van der Waals surface area contributed by atoms with Crippen LogP contribution in [0.25, 0.3) is 16.7 Å². The van der Waals surface area contributed by atoms with Crippen LogP contribution in [-0.4, -0.2) is 28.9 Å². The maximum absolute atomic E-state index is 12.3. The number of nitrogens with one attached hydrogen (secondary N) is 1. The Morgan fingerprint density at radius 3 is 2.74 bits per heavy atom. The second kappa shape index (κ2) is 8.47. The van der Waals surface area contributed by atoms with Gasteiger partial charge >= 0.3 is 0 Å². The third kappa shape index (κ3) is 4.03. The standard InChI is InChI=1S/C23H21BrN2O5/c1-3-30-22(13-8-9-13)19-12(2)31-18-10-16(24)21(28)15(20(18)19)11-25-26-23(29)14-6-4-5-7-17(14)27/h4-7,10-11,27-28H,3,8-9H2,1-2H3,(H,26,29)/b25-11+. The van der Waals surface area contributed by atoms with E-state index in [4.69, 9.17) is 9.15 Å². The van der Waals surface area contributed by atoms with Crippen molar-refractivity contribution < 1.29 is 24.2 Å². The van der Waals surface area contributed by atoms with Crippen molar-refractivity contribution in [2.75, 3.05) is 6.61 Å². The Hall–Kier alpha value is -3.26. The molecule has 0 aliphatic heterocycles. The first kappa shape index (κ1) is 21.0. The Kier molecular flexibility index (Phi) is 5.73. The van der Waals surface area contributed by atoms with E-state index in [2.05, 4.69) is 26.5 Å². The number of aryl methyl sites for hydroxylation is 1. The highest BCUT2D eigenvalue weighted by molar-refractivity contribution is 9.10. The number of carbonyl (C=O) groups excluding carboxylic acids is 1. The molecule has 0 atom stereocenters. The zero-order valence-corrected chi connectivity index (χ0v) is 18.6. The molecular weight excluding hydrogens is 464 g/mol. The minimum atomic E-state index is -0.571. The smallest absolute Gasteiger partial charge is 0.275 e. The number of hydrogen-bond acceptors (Lipinski definition) is 6. The monoisotopic (exact) mass is 484 g/mol. The van der Waals surface area contributed by atoms with Crippen molar-refractivity contribution in [1.82, 2.24) is 5.43 Å². The lowest BCUT2D eigenvalue weighted by atomic mass is 10.0. The molecule has 1 saturated carbocycles. The Bertz CT molecular complexity index is 1240. The quantitative estimate of drug-likeness (QED) is 0.252. The first-order valence-electron chi connectivity index (χ1n) is 9.83. The Morgan fingerprint density at radius 2 is 2.06 bits per heavy atom. The van der Waals surface area contributed by atoms with E-state index in [0.29, 0.717) is 33.4 Å². The molecule has 4 rings (SSSR count). The number of carbonyl (C=O) groups is 1. The van der Waals surface area contributed by atoms with Gasteiger partial charge in [-0.3, -0.25) is 4.79 Å². The number of phenolic OH excluding ortho intramolecular Hbond substituents is 2. The summed E-state index contributed by atoms with van der Waals surface area (Å²) in [5.74, 6) is 0.690. The van der Waals surface area contributed by atoms with Gasteiger partial charge in [-0.25, -0.2) is 5.43 Å². The molecule has 1 amide bonds. The van der Waals surface area contributed by atoms with E-state index in [1.165, 1.54) is 23.9 Å². The van der Waals surface area contributed by atoms with Crippen molar-refractivity contribution in [2.24, 2.45) is 5.10 Å². The van der Waals surface area contributed by atoms with Crippen molar-refractivity contribution in [1.29, 1.82) is 0 Å². The van der Waals surface area contributed by atoms with Crippen LogP contribution >= 0.6 is 15.9 Å². The number of para-hydroxylation sites is 1. The van der Waals surface area contributed by atoms with Crippen molar-refractivity contribution >= 4 is 44.8 Å². The van der Waals surface area contributed by atoms with Crippen molar-refractivity contribution in [2.45, 2.75) is 26.7 Å². The SMILES string of the molecule is CCOC(=C1CC1)c1c(C)oc2cc(Br)c(O)c(/C=N/NC(=O)c3ccccc3O)c12. The zero-order valence-electron chi connectivity index (χ0n) is 17.0. The van der Waals surface area contributed by atoms with Crippen LogP contribution in [0.4, 0.5) is 0 Å². The number of halogens is 1. The van der Waals surface area contributed by atoms with Crippen LogP contribution in [0, 0.1) is 6.92 Å². The average molecular weight is 485 g/mol. The predicted octanol–water partition coefficient (Wildman–Crippen LogP) is 5.22. The van der Waals surface area contributed by atoms with Gasteiger partial charge in [0.2, 0.25) is 0 Å². The third-order valence-electron chi connectivity index (χ3n) is 4.97. The minimum absolute atomic E-state index is 0.0354. The van der Waals surface area contributed by atoms with E-state index in [1.54, 1.807) is 18.2 Å². The largest absolute Gasteiger partial charge is 0.507 e. The second-order valence-corrected chi connectivity index (χ2v) is 7.96. The first-order chi connectivity index (χ1) is 14.9. The van der Waals surface area contributed by atoms with Gasteiger partial charge in [0.05, 0.1) is 28.4 Å². The highest BCUT2D eigenvalue weighted by Crippen LogP contribution is 2.45. The van der Waals surface area contributed by atoms with Crippen molar-refractivity contribution in [3.63, 3.8) is 0 Å². The number of aromatic hydroxyl groups is 2. The van der Waals surface area contributed by atoms with Gasteiger partial charge in [0, 0.05) is 10.9 Å². The summed E-state index contributed by atoms with van der Waals surface area (Å²) in [6, 6.07) is 7.87. The Labute approximate surface area is 187 Å². The van der Waals surface area contributed by atoms with Gasteiger partial charge in [-0.2, -0.15) is 5.10 Å². The summed E-state index contributed by atoms with van der Waals surface area (Å²) >= 11 is 3.34. The molecule has 1 aliphatic rings. The van der Waals surface area contributed by atoms with Gasteiger partial charge in [-0.15, -0.1) is 0 Å². The van der Waals surface area contributed by atoms with Crippen LogP contribution in [0.5, 0.6) is 11.5 Å². The highest BCUT2D eigenvalue weighted by atomic mass is 79.9. The van der Waals surface area contributed by atoms with E-state index in [1.807, 2.05) is 13.8 Å². The summed E-state index contributed by atoms with van der Waals surface area (Å²) in [5.41, 5.74) is 5.40. The van der Waals surface area contributed by atoms with Gasteiger partial charge in [-0.1, -0.05) is 12.1 Å². The van der Waals surface area contributed by atoms with Crippen molar-refractivity contribution in [3.05, 3.63) is 62.8 Å². The number of benzene rings is 2. The summed E-state index contributed by atoms with van der Waals surface area (Å²) in [4.78, 5) is 12.3. The van der Waals surface area contributed by atoms with Crippen LogP contribution in [-0.2, 0) is 4.74 Å². The lowest BCUT2D eigenvalue weighted by molar-refractivity contribution is 0.0952. The molecule has 2 aromatic carbocycles. The molecule has 1 fully saturated rings. The number of phenols is 2. The van der Waals surface area contributed by atoms with E-state index in [0.717, 1.165) is 24.2 Å². The normalized spacial score (nSPS) is 13.1. The fourth-order valence-corrected chi connectivity index (χ4v) is 3.85. The first-order valence-corrected chi connectivity index (χ1v) is 10.6. The summed E-state index contributed by atoms with van der Waals surface area (Å²) < 4.78 is 12.3. The molecule has 3 N–H and O–H groups in total. The summed E-state index contributed by atoms with van der Waals surface area (Å²) in [5, 5.41) is 25.2. The Morgan fingerprint density at radius 1 is 1.32 bits per heavy atom. The van der Waals surface area contributed by atoms with E-state index in [9.17, 15) is 15.0 Å². The molecule has 8 heteroatoms. The molecule has 1 aromatic heterocycles. The van der Waals surface area contributed by atoms with Crippen LogP contribution < -0.4 is 5.43 Å². The molecule has 0 bridgehead atoms.